The molecule has 1 fully saturated rings. The van der Waals surface area contributed by atoms with Crippen molar-refractivity contribution in [2.75, 3.05) is 24.6 Å². The van der Waals surface area contributed by atoms with Gasteiger partial charge in [-0.3, -0.25) is 0 Å². The summed E-state index contributed by atoms with van der Waals surface area (Å²) in [5, 5.41) is 0.100. The maximum absolute atomic E-state index is 13.7. The van der Waals surface area contributed by atoms with E-state index in [-0.39, 0.29) is 24.0 Å². The molecule has 0 saturated carbocycles. The van der Waals surface area contributed by atoms with Crippen LogP contribution in [0.5, 0.6) is 0 Å². The molecular weight excluding hydrogens is 294 g/mol. The van der Waals surface area contributed by atoms with Gasteiger partial charge in [0.25, 0.3) is 0 Å². The van der Waals surface area contributed by atoms with Crippen LogP contribution in [0.2, 0.25) is 0 Å². The van der Waals surface area contributed by atoms with E-state index in [1.54, 1.807) is 11.8 Å². The van der Waals surface area contributed by atoms with Crippen molar-refractivity contribution in [3.63, 3.8) is 0 Å². The van der Waals surface area contributed by atoms with E-state index in [0.29, 0.717) is 5.75 Å². The Labute approximate surface area is 115 Å². The van der Waals surface area contributed by atoms with Gasteiger partial charge in [0.05, 0.1) is 0 Å². The molecule has 1 aliphatic rings. The normalized spacial score (nSPS) is 21.5. The highest BCUT2D eigenvalue weighted by Gasteiger charge is 2.33. The first-order valence-corrected chi connectivity index (χ1v) is 8.17. The van der Waals surface area contributed by atoms with E-state index in [4.69, 9.17) is 5.73 Å². The SMILES string of the molecule is CC1CN(S(=O)(=O)c2c(F)cc(N)cc2F)CCS1. The second kappa shape index (κ2) is 5.26. The number of nitrogen functional groups attached to an aromatic ring is 1. The molecule has 1 aliphatic heterocycles. The lowest BCUT2D eigenvalue weighted by molar-refractivity contribution is 0.413. The predicted octanol–water partition coefficient (Wildman–Crippen LogP) is 1.67. The molecule has 0 amide bonds. The Kier molecular flexibility index (Phi) is 4.03. The highest BCUT2D eigenvalue weighted by Crippen LogP contribution is 2.28. The topological polar surface area (TPSA) is 63.4 Å². The van der Waals surface area contributed by atoms with Crippen molar-refractivity contribution in [1.29, 1.82) is 0 Å². The van der Waals surface area contributed by atoms with Gasteiger partial charge < -0.3 is 5.73 Å². The highest BCUT2D eigenvalue weighted by molar-refractivity contribution is 8.00. The average Bonchev–Trinajstić information content (AvgIpc) is 2.26. The fourth-order valence-electron chi connectivity index (χ4n) is 1.96. The lowest BCUT2D eigenvalue weighted by Gasteiger charge is -2.29. The molecule has 1 heterocycles. The lowest BCUT2D eigenvalue weighted by Crippen LogP contribution is -2.41. The molecule has 106 valence electrons. The van der Waals surface area contributed by atoms with Crippen LogP contribution in [-0.2, 0) is 10.0 Å². The van der Waals surface area contributed by atoms with Crippen LogP contribution < -0.4 is 5.73 Å². The van der Waals surface area contributed by atoms with Crippen LogP contribution in [0.3, 0.4) is 0 Å². The van der Waals surface area contributed by atoms with Gasteiger partial charge in [-0.1, -0.05) is 6.92 Å². The van der Waals surface area contributed by atoms with E-state index < -0.39 is 26.6 Å². The average molecular weight is 308 g/mol. The fourth-order valence-corrected chi connectivity index (χ4v) is 4.80. The van der Waals surface area contributed by atoms with Crippen LogP contribution in [0.4, 0.5) is 14.5 Å². The molecule has 2 rings (SSSR count). The van der Waals surface area contributed by atoms with Gasteiger partial charge in [0.15, 0.2) is 4.90 Å². The third-order valence-corrected chi connectivity index (χ3v) is 5.88. The maximum atomic E-state index is 13.7. The summed E-state index contributed by atoms with van der Waals surface area (Å²) >= 11 is 1.63. The Morgan fingerprint density at radius 3 is 2.47 bits per heavy atom. The van der Waals surface area contributed by atoms with E-state index in [1.807, 2.05) is 6.92 Å². The number of halogens is 2. The minimum Gasteiger partial charge on any atom is -0.399 e. The first-order chi connectivity index (χ1) is 8.82. The molecule has 1 aromatic rings. The van der Waals surface area contributed by atoms with Crippen LogP contribution in [0, 0.1) is 11.6 Å². The van der Waals surface area contributed by atoms with Crippen LogP contribution in [0.1, 0.15) is 6.92 Å². The van der Waals surface area contributed by atoms with E-state index in [1.165, 1.54) is 0 Å². The molecule has 8 heteroatoms. The molecule has 4 nitrogen and oxygen atoms in total. The quantitative estimate of drug-likeness (QED) is 0.844. The Bertz CT molecular complexity index is 569. The van der Waals surface area contributed by atoms with Crippen molar-refractivity contribution in [3.8, 4) is 0 Å². The number of rotatable bonds is 2. The molecule has 0 aromatic heterocycles. The summed E-state index contributed by atoms with van der Waals surface area (Å²) in [5.41, 5.74) is 5.14. The minimum absolute atomic E-state index is 0.100. The Morgan fingerprint density at radius 1 is 1.37 bits per heavy atom. The summed E-state index contributed by atoms with van der Waals surface area (Å²) in [5.74, 6) is -1.69. The zero-order valence-corrected chi connectivity index (χ0v) is 11.9. The second-order valence-electron chi connectivity index (χ2n) is 4.36. The van der Waals surface area contributed by atoms with E-state index >= 15 is 0 Å². The zero-order chi connectivity index (χ0) is 14.2. The Morgan fingerprint density at radius 2 is 1.95 bits per heavy atom. The highest BCUT2D eigenvalue weighted by atomic mass is 32.2. The standard InChI is InChI=1S/C11H14F2N2O2S2/c1-7-6-15(2-3-18-7)19(16,17)11-9(12)4-8(14)5-10(11)13/h4-5,7H,2-3,6,14H2,1H3. The van der Waals surface area contributed by atoms with Crippen molar-refractivity contribution in [3.05, 3.63) is 23.8 Å². The largest absolute Gasteiger partial charge is 0.399 e. The molecule has 1 saturated heterocycles. The van der Waals surface area contributed by atoms with Crippen molar-refractivity contribution in [1.82, 2.24) is 4.31 Å². The number of nitrogens with zero attached hydrogens (tertiary/aromatic N) is 1. The molecule has 0 spiro atoms. The number of benzene rings is 1. The van der Waals surface area contributed by atoms with Crippen molar-refractivity contribution in [2.24, 2.45) is 0 Å². The lowest BCUT2D eigenvalue weighted by atomic mass is 10.3. The summed E-state index contributed by atoms with van der Waals surface area (Å²) in [6.07, 6.45) is 0. The molecule has 2 N–H and O–H groups in total. The first-order valence-electron chi connectivity index (χ1n) is 5.68. The second-order valence-corrected chi connectivity index (χ2v) is 7.78. The van der Waals surface area contributed by atoms with Gasteiger partial charge in [0.1, 0.15) is 11.6 Å². The van der Waals surface area contributed by atoms with Crippen molar-refractivity contribution < 1.29 is 17.2 Å². The van der Waals surface area contributed by atoms with Gasteiger partial charge >= 0.3 is 0 Å². The fraction of sp³-hybridized carbons (Fsp3) is 0.455. The van der Waals surface area contributed by atoms with E-state index in [9.17, 15) is 17.2 Å². The predicted molar refractivity (Wildman–Crippen MR) is 71.4 cm³/mol. The van der Waals surface area contributed by atoms with Gasteiger partial charge in [0, 0.05) is 29.8 Å². The van der Waals surface area contributed by atoms with Gasteiger partial charge in [-0.15, -0.1) is 0 Å². The zero-order valence-electron chi connectivity index (χ0n) is 10.3. The summed E-state index contributed by atoms with van der Waals surface area (Å²) in [4.78, 5) is -0.916. The van der Waals surface area contributed by atoms with Crippen LogP contribution in [0.25, 0.3) is 0 Å². The van der Waals surface area contributed by atoms with E-state index in [2.05, 4.69) is 0 Å². The molecule has 19 heavy (non-hydrogen) atoms. The van der Waals surface area contributed by atoms with Gasteiger partial charge in [-0.05, 0) is 12.1 Å². The molecule has 0 bridgehead atoms. The third-order valence-electron chi connectivity index (χ3n) is 2.82. The summed E-state index contributed by atoms with van der Waals surface area (Å²) in [7, 11) is -4.16. The summed E-state index contributed by atoms with van der Waals surface area (Å²) in [6, 6.07) is 1.64. The molecule has 1 unspecified atom stereocenters. The third kappa shape index (κ3) is 2.85. The number of thioether (sulfide) groups is 1. The van der Waals surface area contributed by atoms with Crippen molar-refractivity contribution >= 4 is 27.5 Å². The monoisotopic (exact) mass is 308 g/mol. The summed E-state index contributed by atoms with van der Waals surface area (Å²) in [6.45, 7) is 2.37. The number of anilines is 1. The molecule has 1 aromatic carbocycles. The summed E-state index contributed by atoms with van der Waals surface area (Å²) < 4.78 is 53.1. The van der Waals surface area contributed by atoms with Crippen molar-refractivity contribution in [2.45, 2.75) is 17.1 Å². The van der Waals surface area contributed by atoms with Crippen LogP contribution >= 0.6 is 11.8 Å². The molecule has 0 aliphatic carbocycles. The molecule has 0 radical (unpaired) electrons. The smallest absolute Gasteiger partial charge is 0.248 e. The van der Waals surface area contributed by atoms with Gasteiger partial charge in [-0.25, -0.2) is 17.2 Å². The Hall–Kier alpha value is -0.860. The molecule has 1 atom stereocenters. The van der Waals surface area contributed by atoms with Gasteiger partial charge in [-0.2, -0.15) is 16.1 Å². The number of hydrogen-bond acceptors (Lipinski definition) is 4. The number of nitrogens with two attached hydrogens (primary N) is 1. The molecular formula is C11H14F2N2O2S2. The maximum Gasteiger partial charge on any atom is 0.248 e. The number of sulfonamides is 1. The van der Waals surface area contributed by atoms with E-state index in [0.717, 1.165) is 16.4 Å². The van der Waals surface area contributed by atoms with Gasteiger partial charge in [0.2, 0.25) is 10.0 Å². The Balaban J connectivity index is 2.45. The minimum atomic E-state index is -4.16. The van der Waals surface area contributed by atoms with Crippen LogP contribution in [0.15, 0.2) is 17.0 Å². The number of hydrogen-bond donors (Lipinski definition) is 1. The first kappa shape index (κ1) is 14.5. The van der Waals surface area contributed by atoms with Crippen LogP contribution in [-0.4, -0.2) is 36.8 Å².